The fraction of sp³-hybridized carbons (Fsp3) is 0.385. The van der Waals surface area contributed by atoms with Gasteiger partial charge in [-0.25, -0.2) is 4.39 Å². The summed E-state index contributed by atoms with van der Waals surface area (Å²) < 4.78 is 19.7. The lowest BCUT2D eigenvalue weighted by Crippen LogP contribution is -2.46. The maximum atomic E-state index is 12.8. The van der Waals surface area contributed by atoms with Gasteiger partial charge in [-0.15, -0.1) is 0 Å². The van der Waals surface area contributed by atoms with Crippen LogP contribution in [0.3, 0.4) is 0 Å². The molecule has 0 amide bonds. The van der Waals surface area contributed by atoms with E-state index >= 15 is 0 Å². The predicted octanol–water partition coefficient (Wildman–Crippen LogP) is 1.07. The Morgan fingerprint density at radius 1 is 1.37 bits per heavy atom. The van der Waals surface area contributed by atoms with E-state index in [9.17, 15) is 4.39 Å². The fourth-order valence-corrected chi connectivity index (χ4v) is 1.90. The molecule has 0 saturated carbocycles. The lowest BCUT2D eigenvalue weighted by Gasteiger charge is -2.26. The molecule has 0 unspecified atom stereocenters. The second-order valence-electron chi connectivity index (χ2n) is 4.54. The Hall–Kier alpha value is -1.79. The summed E-state index contributed by atoms with van der Waals surface area (Å²) in [6, 6.07) is 3.53. The third kappa shape index (κ3) is 2.97. The third-order valence-corrected chi connectivity index (χ3v) is 3.07. The molecule has 1 aliphatic heterocycles. The average Bonchev–Trinajstić information content (AvgIpc) is 2.82. The highest BCUT2D eigenvalue weighted by molar-refractivity contribution is 5.56. The van der Waals surface area contributed by atoms with Crippen LogP contribution < -0.4 is 5.32 Å². The van der Waals surface area contributed by atoms with Gasteiger partial charge in [-0.2, -0.15) is 5.10 Å². The molecule has 1 aliphatic rings. The summed E-state index contributed by atoms with van der Waals surface area (Å²) in [6.07, 6.45) is 4.87. The summed E-state index contributed by atoms with van der Waals surface area (Å²) in [6.45, 7) is 3.23. The molecule has 2 aromatic heterocycles. The summed E-state index contributed by atoms with van der Waals surface area (Å²) in [5.74, 6) is -0.331. The number of ether oxygens (including phenoxy) is 1. The minimum atomic E-state index is -0.331. The molecule has 0 aliphatic carbocycles. The van der Waals surface area contributed by atoms with Gasteiger partial charge in [-0.05, 0) is 12.1 Å². The molecule has 0 radical (unpaired) electrons. The van der Waals surface area contributed by atoms with Gasteiger partial charge in [0.1, 0.15) is 5.82 Å². The zero-order valence-electron chi connectivity index (χ0n) is 10.4. The molecule has 1 N–H and O–H groups in total. The van der Waals surface area contributed by atoms with E-state index in [1.807, 2.05) is 10.9 Å². The van der Waals surface area contributed by atoms with Crippen molar-refractivity contribution < 1.29 is 9.13 Å². The van der Waals surface area contributed by atoms with Gasteiger partial charge in [0.15, 0.2) is 0 Å². The predicted molar refractivity (Wildman–Crippen MR) is 68.0 cm³/mol. The second kappa shape index (κ2) is 5.46. The minimum Gasteiger partial charge on any atom is -0.378 e. The lowest BCUT2D eigenvalue weighted by atomic mass is 10.2. The quantitative estimate of drug-likeness (QED) is 0.876. The zero-order chi connectivity index (χ0) is 13.1. The van der Waals surface area contributed by atoms with Crippen LogP contribution in [-0.2, 0) is 11.3 Å². The van der Waals surface area contributed by atoms with E-state index in [2.05, 4.69) is 15.4 Å². The largest absolute Gasteiger partial charge is 0.378 e. The molecule has 6 heteroatoms. The van der Waals surface area contributed by atoms with Crippen LogP contribution in [0.2, 0.25) is 0 Å². The van der Waals surface area contributed by atoms with Crippen LogP contribution in [0.15, 0.2) is 30.7 Å². The summed E-state index contributed by atoms with van der Waals surface area (Å²) in [5.41, 5.74) is 1.62. The standard InChI is InChI=1S/C13H15FN4O/c14-11-1-2-13(16-6-11)10-5-17-18(7-10)4-3-15-12-8-19-9-12/h1-2,5-7,12,15H,3-4,8-9H2. The van der Waals surface area contributed by atoms with Crippen molar-refractivity contribution in [2.75, 3.05) is 19.8 Å². The Labute approximate surface area is 110 Å². The second-order valence-corrected chi connectivity index (χ2v) is 4.54. The number of nitrogens with one attached hydrogen (secondary N) is 1. The minimum absolute atomic E-state index is 0.331. The van der Waals surface area contributed by atoms with Crippen molar-refractivity contribution in [1.29, 1.82) is 0 Å². The van der Waals surface area contributed by atoms with E-state index in [1.54, 1.807) is 12.3 Å². The van der Waals surface area contributed by atoms with Crippen molar-refractivity contribution in [3.8, 4) is 11.3 Å². The van der Waals surface area contributed by atoms with E-state index in [0.717, 1.165) is 37.6 Å². The molecule has 1 fully saturated rings. The number of aromatic nitrogens is 3. The van der Waals surface area contributed by atoms with Crippen molar-refractivity contribution in [2.45, 2.75) is 12.6 Å². The monoisotopic (exact) mass is 262 g/mol. The van der Waals surface area contributed by atoms with Crippen LogP contribution >= 0.6 is 0 Å². The highest BCUT2D eigenvalue weighted by Crippen LogP contribution is 2.15. The van der Waals surface area contributed by atoms with Crippen LogP contribution in [-0.4, -0.2) is 40.6 Å². The summed E-state index contributed by atoms with van der Waals surface area (Å²) in [4.78, 5) is 4.03. The van der Waals surface area contributed by atoms with Crippen molar-refractivity contribution in [3.63, 3.8) is 0 Å². The normalized spacial score (nSPS) is 15.4. The molecule has 0 atom stereocenters. The smallest absolute Gasteiger partial charge is 0.141 e. The Morgan fingerprint density at radius 2 is 2.26 bits per heavy atom. The molecule has 0 bridgehead atoms. The molecular weight excluding hydrogens is 247 g/mol. The fourth-order valence-electron chi connectivity index (χ4n) is 1.90. The molecule has 19 heavy (non-hydrogen) atoms. The van der Waals surface area contributed by atoms with Crippen molar-refractivity contribution in [2.24, 2.45) is 0 Å². The summed E-state index contributed by atoms with van der Waals surface area (Å²) in [5, 5.41) is 7.64. The molecule has 100 valence electrons. The van der Waals surface area contributed by atoms with Crippen LogP contribution in [0.25, 0.3) is 11.3 Å². The molecule has 0 aromatic carbocycles. The average molecular weight is 262 g/mol. The molecular formula is C13H15FN4O. The first-order chi connectivity index (χ1) is 9.31. The van der Waals surface area contributed by atoms with Crippen LogP contribution in [0.4, 0.5) is 4.39 Å². The lowest BCUT2D eigenvalue weighted by molar-refractivity contribution is -0.00523. The number of nitrogens with zero attached hydrogens (tertiary/aromatic N) is 3. The van der Waals surface area contributed by atoms with Crippen molar-refractivity contribution in [1.82, 2.24) is 20.1 Å². The maximum absolute atomic E-state index is 12.8. The summed E-state index contributed by atoms with van der Waals surface area (Å²) in [7, 11) is 0. The first-order valence-corrected chi connectivity index (χ1v) is 6.27. The van der Waals surface area contributed by atoms with E-state index < -0.39 is 0 Å². The third-order valence-electron chi connectivity index (χ3n) is 3.07. The van der Waals surface area contributed by atoms with Crippen molar-refractivity contribution >= 4 is 0 Å². The van der Waals surface area contributed by atoms with E-state index in [-0.39, 0.29) is 5.82 Å². The number of rotatable bonds is 5. The van der Waals surface area contributed by atoms with Crippen LogP contribution in [0, 0.1) is 5.82 Å². The van der Waals surface area contributed by atoms with Crippen molar-refractivity contribution in [3.05, 3.63) is 36.5 Å². The zero-order valence-corrected chi connectivity index (χ0v) is 10.4. The first kappa shape index (κ1) is 12.3. The Morgan fingerprint density at radius 3 is 2.95 bits per heavy atom. The molecule has 3 heterocycles. The number of hydrogen-bond acceptors (Lipinski definition) is 4. The number of hydrogen-bond donors (Lipinski definition) is 1. The molecule has 3 rings (SSSR count). The molecule has 5 nitrogen and oxygen atoms in total. The van der Waals surface area contributed by atoms with E-state index in [1.165, 1.54) is 12.3 Å². The van der Waals surface area contributed by atoms with Gasteiger partial charge in [0, 0.05) is 18.3 Å². The topological polar surface area (TPSA) is 52.0 Å². The van der Waals surface area contributed by atoms with Gasteiger partial charge < -0.3 is 10.1 Å². The Kier molecular flexibility index (Phi) is 3.52. The van der Waals surface area contributed by atoms with Crippen LogP contribution in [0.1, 0.15) is 0 Å². The van der Waals surface area contributed by atoms with E-state index in [0.29, 0.717) is 6.04 Å². The van der Waals surface area contributed by atoms with Gasteiger partial charge in [-0.1, -0.05) is 0 Å². The highest BCUT2D eigenvalue weighted by atomic mass is 19.1. The Balaban J connectivity index is 1.57. The summed E-state index contributed by atoms with van der Waals surface area (Å²) >= 11 is 0. The van der Waals surface area contributed by atoms with Crippen LogP contribution in [0.5, 0.6) is 0 Å². The molecule has 0 spiro atoms. The first-order valence-electron chi connectivity index (χ1n) is 6.27. The highest BCUT2D eigenvalue weighted by Gasteiger charge is 2.16. The Bertz CT molecular complexity index is 536. The van der Waals surface area contributed by atoms with Gasteiger partial charge in [-0.3, -0.25) is 9.67 Å². The maximum Gasteiger partial charge on any atom is 0.141 e. The van der Waals surface area contributed by atoms with Gasteiger partial charge >= 0.3 is 0 Å². The van der Waals surface area contributed by atoms with Gasteiger partial charge in [0.05, 0.1) is 43.9 Å². The van der Waals surface area contributed by atoms with Gasteiger partial charge in [0.25, 0.3) is 0 Å². The number of pyridine rings is 1. The molecule has 2 aromatic rings. The number of halogens is 1. The SMILES string of the molecule is Fc1ccc(-c2cnn(CCNC3COC3)c2)nc1. The van der Waals surface area contributed by atoms with Gasteiger partial charge in [0.2, 0.25) is 0 Å². The van der Waals surface area contributed by atoms with E-state index in [4.69, 9.17) is 4.74 Å². The molecule has 1 saturated heterocycles.